The van der Waals surface area contributed by atoms with Crippen molar-refractivity contribution in [1.29, 1.82) is 5.26 Å². The van der Waals surface area contributed by atoms with Crippen LogP contribution in [-0.4, -0.2) is 7.12 Å². The quantitative estimate of drug-likeness (QED) is 0.748. The number of hydrogen-bond acceptors (Lipinski definition) is 3. The Morgan fingerprint density at radius 3 is 1.53 bits per heavy atom. The summed E-state index contributed by atoms with van der Waals surface area (Å²) in [5, 5.41) is 8.95. The van der Waals surface area contributed by atoms with E-state index in [0.29, 0.717) is 11.5 Å². The molecule has 0 heterocycles. The SMILES string of the molecule is N#CB(Oc1ccccc1)Oc1ccccc1. The van der Waals surface area contributed by atoms with Gasteiger partial charge >= 0.3 is 7.12 Å². The molecule has 3 nitrogen and oxygen atoms in total. The average Bonchev–Trinajstić information content (AvgIpc) is 2.40. The lowest BCUT2D eigenvalue weighted by atomic mass is 9.93. The third-order valence-electron chi connectivity index (χ3n) is 2.08. The highest BCUT2D eigenvalue weighted by atomic mass is 16.6. The minimum Gasteiger partial charge on any atom is -0.514 e. The van der Waals surface area contributed by atoms with Crippen molar-refractivity contribution in [2.24, 2.45) is 0 Å². The summed E-state index contributed by atoms with van der Waals surface area (Å²) in [6, 6.07) is 18.2. The number of nitriles is 1. The molecule has 0 amide bonds. The fourth-order valence-electron chi connectivity index (χ4n) is 1.32. The maximum Gasteiger partial charge on any atom is 0.718 e. The topological polar surface area (TPSA) is 42.2 Å². The molecule has 0 atom stereocenters. The predicted octanol–water partition coefficient (Wildman–Crippen LogP) is 2.70. The summed E-state index contributed by atoms with van der Waals surface area (Å²) in [6.45, 7) is 0. The molecule has 0 unspecified atom stereocenters. The van der Waals surface area contributed by atoms with Gasteiger partial charge in [-0.05, 0) is 24.3 Å². The fraction of sp³-hybridized carbons (Fsp3) is 0. The molecule has 0 radical (unpaired) electrons. The van der Waals surface area contributed by atoms with E-state index in [0.717, 1.165) is 0 Å². The molecular weight excluding hydrogens is 213 g/mol. The number of nitrogens with zero attached hydrogens (tertiary/aromatic N) is 1. The molecule has 0 saturated carbocycles. The van der Waals surface area contributed by atoms with Crippen LogP contribution in [0, 0.1) is 11.2 Å². The van der Waals surface area contributed by atoms with Crippen molar-refractivity contribution in [3.63, 3.8) is 0 Å². The van der Waals surface area contributed by atoms with Gasteiger partial charge in [-0.15, -0.1) is 0 Å². The van der Waals surface area contributed by atoms with Gasteiger partial charge in [0.2, 0.25) is 0 Å². The molecule has 82 valence electrons. The van der Waals surface area contributed by atoms with Gasteiger partial charge in [0, 0.05) is 0 Å². The first kappa shape index (κ1) is 11.1. The number of benzene rings is 2. The fourth-order valence-corrected chi connectivity index (χ4v) is 1.32. The summed E-state index contributed by atoms with van der Waals surface area (Å²) < 4.78 is 10.8. The molecular formula is C13H10BNO2. The average molecular weight is 223 g/mol. The zero-order chi connectivity index (χ0) is 11.9. The molecule has 0 fully saturated rings. The van der Waals surface area contributed by atoms with Crippen molar-refractivity contribution >= 4 is 7.12 Å². The molecule has 0 aromatic heterocycles. The van der Waals surface area contributed by atoms with Gasteiger partial charge in [-0.25, -0.2) is 5.26 Å². The highest BCUT2D eigenvalue weighted by Gasteiger charge is 2.22. The van der Waals surface area contributed by atoms with Gasteiger partial charge in [-0.3, -0.25) is 0 Å². The van der Waals surface area contributed by atoms with E-state index >= 15 is 0 Å². The normalized spacial score (nSPS) is 9.12. The van der Waals surface area contributed by atoms with E-state index in [1.165, 1.54) is 0 Å². The van der Waals surface area contributed by atoms with Crippen molar-refractivity contribution in [3.05, 3.63) is 60.7 Å². The Hall–Kier alpha value is -2.41. The van der Waals surface area contributed by atoms with Crippen LogP contribution >= 0.6 is 0 Å². The van der Waals surface area contributed by atoms with Gasteiger partial charge in [-0.2, -0.15) is 0 Å². The minimum absolute atomic E-state index is 0.606. The van der Waals surface area contributed by atoms with Crippen molar-refractivity contribution in [2.75, 3.05) is 0 Å². The molecule has 17 heavy (non-hydrogen) atoms. The van der Waals surface area contributed by atoms with Gasteiger partial charge in [-0.1, -0.05) is 36.4 Å². The second-order valence-corrected chi connectivity index (χ2v) is 3.32. The summed E-state index contributed by atoms with van der Waals surface area (Å²) in [7, 11) is -0.945. The van der Waals surface area contributed by atoms with Crippen LogP contribution in [0.1, 0.15) is 0 Å². The van der Waals surface area contributed by atoms with E-state index in [4.69, 9.17) is 14.6 Å². The molecule has 0 saturated heterocycles. The Morgan fingerprint density at radius 1 is 0.765 bits per heavy atom. The van der Waals surface area contributed by atoms with Crippen LogP contribution < -0.4 is 9.31 Å². The third kappa shape index (κ3) is 3.28. The lowest BCUT2D eigenvalue weighted by Crippen LogP contribution is -2.28. The molecule has 0 aliphatic rings. The largest absolute Gasteiger partial charge is 0.718 e. The van der Waals surface area contributed by atoms with Crippen molar-refractivity contribution in [1.82, 2.24) is 0 Å². The van der Waals surface area contributed by atoms with E-state index in [1.807, 2.05) is 42.4 Å². The molecule has 2 aromatic rings. The predicted molar refractivity (Wildman–Crippen MR) is 65.5 cm³/mol. The van der Waals surface area contributed by atoms with Gasteiger partial charge in [0.1, 0.15) is 17.5 Å². The first-order valence-corrected chi connectivity index (χ1v) is 5.21. The Morgan fingerprint density at radius 2 is 1.18 bits per heavy atom. The molecule has 2 rings (SSSR count). The summed E-state index contributed by atoms with van der Waals surface area (Å²) in [4.78, 5) is 0. The van der Waals surface area contributed by atoms with Crippen molar-refractivity contribution in [2.45, 2.75) is 0 Å². The van der Waals surface area contributed by atoms with Gasteiger partial charge in [0.15, 0.2) is 0 Å². The second kappa shape index (κ2) is 5.62. The zero-order valence-corrected chi connectivity index (χ0v) is 9.11. The molecule has 2 aromatic carbocycles. The third-order valence-corrected chi connectivity index (χ3v) is 2.08. The van der Waals surface area contributed by atoms with Crippen LogP contribution in [0.15, 0.2) is 60.7 Å². The van der Waals surface area contributed by atoms with Gasteiger partial charge < -0.3 is 9.31 Å². The van der Waals surface area contributed by atoms with Gasteiger partial charge in [0.05, 0.1) is 0 Å². The molecule has 0 bridgehead atoms. The first-order chi connectivity index (χ1) is 8.38. The van der Waals surface area contributed by atoms with Gasteiger partial charge in [0.25, 0.3) is 0 Å². The summed E-state index contributed by atoms with van der Waals surface area (Å²) >= 11 is 0. The lowest BCUT2D eigenvalue weighted by molar-refractivity contribution is 0.440. The van der Waals surface area contributed by atoms with E-state index in [-0.39, 0.29) is 0 Å². The molecule has 4 heteroatoms. The summed E-state index contributed by atoms with van der Waals surface area (Å²) in [5.41, 5.74) is 0. The van der Waals surface area contributed by atoms with Crippen LogP contribution in [0.5, 0.6) is 11.5 Å². The summed E-state index contributed by atoms with van der Waals surface area (Å²) in [5.74, 6) is 3.17. The van der Waals surface area contributed by atoms with E-state index < -0.39 is 7.12 Å². The monoisotopic (exact) mass is 223 g/mol. The smallest absolute Gasteiger partial charge is 0.514 e. The van der Waals surface area contributed by atoms with E-state index in [9.17, 15) is 0 Å². The molecule has 0 spiro atoms. The van der Waals surface area contributed by atoms with Crippen LogP contribution in [0.4, 0.5) is 0 Å². The Kier molecular flexibility index (Phi) is 3.66. The second-order valence-electron chi connectivity index (χ2n) is 3.32. The van der Waals surface area contributed by atoms with Crippen molar-refractivity contribution in [3.8, 4) is 17.5 Å². The zero-order valence-electron chi connectivity index (χ0n) is 9.11. The van der Waals surface area contributed by atoms with Crippen LogP contribution in [0.3, 0.4) is 0 Å². The van der Waals surface area contributed by atoms with E-state index in [1.54, 1.807) is 24.3 Å². The molecule has 0 N–H and O–H groups in total. The Balaban J connectivity index is 2.01. The first-order valence-electron chi connectivity index (χ1n) is 5.21. The minimum atomic E-state index is -0.945. The van der Waals surface area contributed by atoms with Crippen LogP contribution in [0.25, 0.3) is 0 Å². The molecule has 0 aliphatic heterocycles. The van der Waals surface area contributed by atoms with Crippen molar-refractivity contribution < 1.29 is 9.31 Å². The Labute approximate surface area is 100 Å². The molecule has 0 aliphatic carbocycles. The van der Waals surface area contributed by atoms with E-state index in [2.05, 4.69) is 0 Å². The Bertz CT molecular complexity index is 454. The lowest BCUT2D eigenvalue weighted by Gasteiger charge is -2.10. The van der Waals surface area contributed by atoms with Crippen LogP contribution in [-0.2, 0) is 0 Å². The maximum absolute atomic E-state index is 8.95. The van der Waals surface area contributed by atoms with Crippen LogP contribution in [0.2, 0.25) is 0 Å². The number of rotatable bonds is 4. The standard InChI is InChI=1S/C13H10BNO2/c15-11-14(16-12-7-3-1-4-8-12)17-13-9-5-2-6-10-13/h1-10H. The number of para-hydroxylation sites is 2. The maximum atomic E-state index is 8.95. The number of hydrogen-bond donors (Lipinski definition) is 0. The highest BCUT2D eigenvalue weighted by molar-refractivity contribution is 6.55. The summed E-state index contributed by atoms with van der Waals surface area (Å²) in [6.07, 6.45) is 0. The highest BCUT2D eigenvalue weighted by Crippen LogP contribution is 2.13.